The summed E-state index contributed by atoms with van der Waals surface area (Å²) < 4.78 is 5.69. The summed E-state index contributed by atoms with van der Waals surface area (Å²) in [5.41, 5.74) is 3.35. The Balaban J connectivity index is 1.92. The number of esters is 1. The van der Waals surface area contributed by atoms with E-state index in [4.69, 9.17) is 4.74 Å². The summed E-state index contributed by atoms with van der Waals surface area (Å²) in [6.07, 6.45) is 7.22. The van der Waals surface area contributed by atoms with Crippen LogP contribution >= 0.6 is 0 Å². The highest BCUT2D eigenvalue weighted by atomic mass is 16.5. The molecule has 0 saturated heterocycles. The van der Waals surface area contributed by atoms with Crippen molar-refractivity contribution in [1.82, 2.24) is 0 Å². The lowest BCUT2D eigenvalue weighted by atomic mass is 9.70. The molecule has 2 aliphatic rings. The van der Waals surface area contributed by atoms with Crippen LogP contribution in [0.5, 0.6) is 0 Å². The Hall–Kier alpha value is -1.57. The van der Waals surface area contributed by atoms with Crippen LogP contribution in [-0.2, 0) is 14.9 Å². The molecule has 1 unspecified atom stereocenters. The van der Waals surface area contributed by atoms with Gasteiger partial charge in [-0.15, -0.1) is 0 Å². The molecule has 2 heteroatoms. The van der Waals surface area contributed by atoms with Gasteiger partial charge in [0.2, 0.25) is 0 Å². The van der Waals surface area contributed by atoms with Gasteiger partial charge in [0.15, 0.2) is 0 Å². The monoisotopic (exact) mass is 270 g/mol. The summed E-state index contributed by atoms with van der Waals surface area (Å²) in [7, 11) is 0. The highest BCUT2D eigenvalue weighted by Gasteiger charge is 2.45. The first-order valence-electron chi connectivity index (χ1n) is 7.58. The predicted molar refractivity (Wildman–Crippen MR) is 79.5 cm³/mol. The number of hydrogen-bond acceptors (Lipinski definition) is 2. The Labute approximate surface area is 120 Å². The number of rotatable bonds is 2. The largest absolute Gasteiger partial charge is 0.454 e. The van der Waals surface area contributed by atoms with Crippen molar-refractivity contribution in [3.05, 3.63) is 47.5 Å². The number of benzene rings is 1. The third-order valence-corrected chi connectivity index (χ3v) is 4.86. The second-order valence-corrected chi connectivity index (χ2v) is 6.31. The zero-order valence-corrected chi connectivity index (χ0v) is 12.2. The third kappa shape index (κ3) is 2.17. The van der Waals surface area contributed by atoms with Crippen LogP contribution in [-0.4, -0.2) is 5.97 Å². The summed E-state index contributed by atoms with van der Waals surface area (Å²) in [4.78, 5) is 11.9. The highest BCUT2D eigenvalue weighted by molar-refractivity contribution is 5.87. The van der Waals surface area contributed by atoms with E-state index in [-0.39, 0.29) is 17.5 Å². The van der Waals surface area contributed by atoms with E-state index in [1.807, 2.05) is 6.07 Å². The van der Waals surface area contributed by atoms with Crippen molar-refractivity contribution in [3.63, 3.8) is 0 Å². The van der Waals surface area contributed by atoms with Gasteiger partial charge < -0.3 is 4.74 Å². The van der Waals surface area contributed by atoms with Crippen LogP contribution < -0.4 is 0 Å². The van der Waals surface area contributed by atoms with Crippen LogP contribution in [0.15, 0.2) is 36.4 Å². The van der Waals surface area contributed by atoms with Crippen LogP contribution in [0.4, 0.5) is 0 Å². The van der Waals surface area contributed by atoms with Crippen molar-refractivity contribution in [1.29, 1.82) is 0 Å². The maximum Gasteiger partial charge on any atom is 0.333 e. The molecule has 20 heavy (non-hydrogen) atoms. The highest BCUT2D eigenvalue weighted by Crippen LogP contribution is 2.53. The average Bonchev–Trinajstić information content (AvgIpc) is 2.74. The number of ether oxygens (including phenoxy) is 1. The Bertz CT molecular complexity index is 538. The van der Waals surface area contributed by atoms with Gasteiger partial charge >= 0.3 is 5.97 Å². The maximum absolute atomic E-state index is 11.9. The molecule has 1 aromatic rings. The number of carbonyl (C=O) groups excluding carboxylic acids is 1. The molecule has 0 heterocycles. The minimum absolute atomic E-state index is 0.0894. The van der Waals surface area contributed by atoms with Crippen LogP contribution in [0.25, 0.3) is 0 Å². The Morgan fingerprint density at radius 2 is 1.95 bits per heavy atom. The molecule has 1 atom stereocenters. The molecule has 106 valence electrons. The topological polar surface area (TPSA) is 26.3 Å². The molecule has 1 fully saturated rings. The fourth-order valence-corrected chi connectivity index (χ4v) is 3.87. The first-order valence-corrected chi connectivity index (χ1v) is 7.58. The smallest absolute Gasteiger partial charge is 0.333 e. The molecule has 2 nitrogen and oxygen atoms in total. The van der Waals surface area contributed by atoms with Gasteiger partial charge in [-0.25, -0.2) is 4.79 Å². The number of carbonyl (C=O) groups is 1. The van der Waals surface area contributed by atoms with E-state index in [2.05, 4.69) is 24.8 Å². The standard InChI is InChI=1S/C18H22O2/c1-13(2)17(19)20-16-12-18(10-6-3-7-11-18)15-9-5-4-8-14(15)16/h4-5,8-9,16H,1,3,6-7,10-12H2,2H3. The molecule has 0 bridgehead atoms. The van der Waals surface area contributed by atoms with Gasteiger partial charge in [-0.05, 0) is 42.7 Å². The quantitative estimate of drug-likeness (QED) is 0.586. The molecule has 1 spiro atoms. The van der Waals surface area contributed by atoms with E-state index in [1.54, 1.807) is 6.92 Å². The van der Waals surface area contributed by atoms with Crippen molar-refractivity contribution in [2.45, 2.75) is 57.0 Å². The molecular formula is C18H22O2. The molecule has 1 aromatic carbocycles. The zero-order chi connectivity index (χ0) is 14.2. The van der Waals surface area contributed by atoms with Crippen molar-refractivity contribution in [2.75, 3.05) is 0 Å². The average molecular weight is 270 g/mol. The summed E-state index contributed by atoms with van der Waals surface area (Å²) in [6, 6.07) is 8.50. The van der Waals surface area contributed by atoms with E-state index >= 15 is 0 Å². The summed E-state index contributed by atoms with van der Waals surface area (Å²) in [5.74, 6) is -0.266. The summed E-state index contributed by atoms with van der Waals surface area (Å²) >= 11 is 0. The Morgan fingerprint density at radius 3 is 2.65 bits per heavy atom. The molecule has 2 aliphatic carbocycles. The van der Waals surface area contributed by atoms with Crippen LogP contribution in [0.3, 0.4) is 0 Å². The molecule has 3 rings (SSSR count). The first kappa shape index (κ1) is 13.4. The van der Waals surface area contributed by atoms with Crippen LogP contribution in [0.1, 0.15) is 62.7 Å². The van der Waals surface area contributed by atoms with Crippen LogP contribution in [0, 0.1) is 0 Å². The molecule has 0 amide bonds. The fourth-order valence-electron chi connectivity index (χ4n) is 3.87. The number of hydrogen-bond donors (Lipinski definition) is 0. The second-order valence-electron chi connectivity index (χ2n) is 6.31. The van der Waals surface area contributed by atoms with E-state index in [9.17, 15) is 4.79 Å². The minimum Gasteiger partial charge on any atom is -0.454 e. The van der Waals surface area contributed by atoms with E-state index in [0.717, 1.165) is 6.42 Å². The molecule has 0 radical (unpaired) electrons. The van der Waals surface area contributed by atoms with Gasteiger partial charge in [0, 0.05) is 5.57 Å². The summed E-state index contributed by atoms with van der Waals surface area (Å²) in [6.45, 7) is 5.39. The first-order chi connectivity index (χ1) is 9.62. The lowest BCUT2D eigenvalue weighted by Gasteiger charge is -2.34. The maximum atomic E-state index is 11.9. The van der Waals surface area contributed by atoms with Crippen molar-refractivity contribution in [2.24, 2.45) is 0 Å². The van der Waals surface area contributed by atoms with E-state index in [1.165, 1.54) is 43.2 Å². The van der Waals surface area contributed by atoms with Gasteiger partial charge in [-0.2, -0.15) is 0 Å². The van der Waals surface area contributed by atoms with Gasteiger partial charge in [0.25, 0.3) is 0 Å². The second kappa shape index (κ2) is 5.08. The van der Waals surface area contributed by atoms with E-state index < -0.39 is 0 Å². The zero-order valence-electron chi connectivity index (χ0n) is 12.2. The normalized spacial score (nSPS) is 23.4. The van der Waals surface area contributed by atoms with Gasteiger partial charge in [-0.3, -0.25) is 0 Å². The van der Waals surface area contributed by atoms with Crippen molar-refractivity contribution < 1.29 is 9.53 Å². The van der Waals surface area contributed by atoms with Crippen molar-refractivity contribution >= 4 is 5.97 Å². The molecule has 0 N–H and O–H groups in total. The Kier molecular flexibility index (Phi) is 3.41. The minimum atomic E-state index is -0.266. The fraction of sp³-hybridized carbons (Fsp3) is 0.500. The van der Waals surface area contributed by atoms with Crippen LogP contribution in [0.2, 0.25) is 0 Å². The molecule has 1 saturated carbocycles. The molecule has 0 aromatic heterocycles. The SMILES string of the molecule is C=C(C)C(=O)OC1CC2(CCCCC2)c2ccccc21. The molecular weight excluding hydrogens is 248 g/mol. The van der Waals surface area contributed by atoms with Gasteiger partial charge in [0.05, 0.1) is 0 Å². The lowest BCUT2D eigenvalue weighted by Crippen LogP contribution is -2.26. The third-order valence-electron chi connectivity index (χ3n) is 4.86. The molecule has 0 aliphatic heterocycles. The lowest BCUT2D eigenvalue weighted by molar-refractivity contribution is -0.145. The summed E-state index contributed by atoms with van der Waals surface area (Å²) in [5, 5.41) is 0. The van der Waals surface area contributed by atoms with Gasteiger partial charge in [-0.1, -0.05) is 50.1 Å². The van der Waals surface area contributed by atoms with Gasteiger partial charge in [0.1, 0.15) is 6.10 Å². The predicted octanol–water partition coefficient (Wildman–Crippen LogP) is 4.45. The van der Waals surface area contributed by atoms with E-state index in [0.29, 0.717) is 5.57 Å². The van der Waals surface area contributed by atoms with Crippen molar-refractivity contribution in [3.8, 4) is 0 Å². The number of fused-ring (bicyclic) bond motifs is 2. The Morgan fingerprint density at radius 1 is 1.25 bits per heavy atom.